The Morgan fingerprint density at radius 2 is 1.75 bits per heavy atom. The van der Waals surface area contributed by atoms with Gasteiger partial charge in [0, 0.05) is 43.4 Å². The van der Waals surface area contributed by atoms with Crippen LogP contribution in [0, 0.1) is 11.8 Å². The van der Waals surface area contributed by atoms with E-state index in [0.29, 0.717) is 17.7 Å². The van der Waals surface area contributed by atoms with Crippen molar-refractivity contribution in [3.63, 3.8) is 0 Å². The number of nitrogens with zero attached hydrogens (tertiary/aromatic N) is 3. The number of phenolic OH excluding ortho intramolecular Hbond substituents is 1. The SMILES string of the molecule is CN(C)c1cc(CN2CCCCC2)c(O)c2c1C[C@H]1C[C@H]3[C@H](N(C)C)C(=O)C(C(N)=O)=C(O)[C@@]3(O)C(=O)C1=C2O. The summed E-state index contributed by atoms with van der Waals surface area (Å²) in [6.45, 7) is 2.27. The summed E-state index contributed by atoms with van der Waals surface area (Å²) in [7, 11) is 6.90. The number of hydrogen-bond donors (Lipinski definition) is 5. The van der Waals surface area contributed by atoms with Gasteiger partial charge in [-0.05, 0) is 70.4 Å². The maximum atomic E-state index is 14.1. The van der Waals surface area contributed by atoms with E-state index in [1.807, 2.05) is 25.1 Å². The lowest BCUT2D eigenvalue weighted by atomic mass is 9.57. The number of benzene rings is 1. The molecule has 2 fully saturated rings. The number of ketones is 2. The maximum absolute atomic E-state index is 14.1. The number of anilines is 1. The molecule has 1 saturated carbocycles. The van der Waals surface area contributed by atoms with Crippen LogP contribution in [0.1, 0.15) is 42.4 Å². The van der Waals surface area contributed by atoms with Gasteiger partial charge in [0.05, 0.1) is 11.6 Å². The summed E-state index contributed by atoms with van der Waals surface area (Å²) in [6, 6.07) is 0.814. The molecule has 11 heteroatoms. The van der Waals surface area contributed by atoms with Gasteiger partial charge >= 0.3 is 0 Å². The first-order chi connectivity index (χ1) is 18.8. The Morgan fingerprint density at radius 1 is 1.10 bits per heavy atom. The summed E-state index contributed by atoms with van der Waals surface area (Å²) in [6.07, 6.45) is 3.62. The van der Waals surface area contributed by atoms with E-state index in [1.54, 1.807) is 14.1 Å². The fraction of sp³-hybridized carbons (Fsp3) is 0.552. The fourth-order valence-corrected chi connectivity index (χ4v) is 7.22. The molecule has 1 aromatic carbocycles. The quantitative estimate of drug-likeness (QED) is 0.331. The molecule has 0 aromatic heterocycles. The molecule has 1 saturated heterocycles. The number of rotatable bonds is 5. The standard InChI is InChI=1S/C29H38N4O7/c1-31(2)18-12-15(13-33-8-6-5-7-9-33)23(34)20-16(18)10-14-11-17-22(32(3)4)25(36)21(28(30)39)27(38)29(17,40)26(37)19(14)24(20)35/h12,14,17,22,34-35,38,40H,5-11,13H2,1-4H3,(H2,30,39)/t14-,17-,22-,29-/m0/s1. The minimum absolute atomic E-state index is 0.0644. The van der Waals surface area contributed by atoms with Gasteiger partial charge < -0.3 is 31.1 Å². The molecule has 1 aliphatic heterocycles. The molecule has 4 aliphatic rings. The highest BCUT2D eigenvalue weighted by molar-refractivity contribution is 6.24. The zero-order valence-electron chi connectivity index (χ0n) is 23.4. The smallest absolute Gasteiger partial charge is 0.255 e. The number of amides is 1. The zero-order valence-corrected chi connectivity index (χ0v) is 23.4. The molecule has 1 aromatic rings. The van der Waals surface area contributed by atoms with Crippen LogP contribution in [0.4, 0.5) is 5.69 Å². The second-order valence-corrected chi connectivity index (χ2v) is 11.9. The van der Waals surface area contributed by atoms with Crippen molar-refractivity contribution in [2.45, 2.75) is 50.3 Å². The molecule has 4 atom stereocenters. The summed E-state index contributed by atoms with van der Waals surface area (Å²) < 4.78 is 0. The Balaban J connectivity index is 1.69. The van der Waals surface area contributed by atoms with Gasteiger partial charge in [0.15, 0.2) is 11.4 Å². The van der Waals surface area contributed by atoms with Crippen LogP contribution < -0.4 is 10.6 Å². The highest BCUT2D eigenvalue weighted by Gasteiger charge is 2.64. The molecule has 1 amide bonds. The van der Waals surface area contributed by atoms with Gasteiger partial charge in [-0.3, -0.25) is 24.2 Å². The molecular formula is C29H38N4O7. The van der Waals surface area contributed by atoms with Crippen LogP contribution >= 0.6 is 0 Å². The molecule has 0 spiro atoms. The van der Waals surface area contributed by atoms with Gasteiger partial charge in [-0.1, -0.05) is 6.42 Å². The summed E-state index contributed by atoms with van der Waals surface area (Å²) in [5.74, 6) is -6.38. The number of carbonyl (C=O) groups is 3. The van der Waals surface area contributed by atoms with E-state index >= 15 is 0 Å². The first-order valence-corrected chi connectivity index (χ1v) is 13.7. The Hall–Kier alpha value is -3.41. The number of Topliss-reactive ketones (excluding diaryl/α,β-unsaturated/α-hetero) is 2. The number of phenols is 1. The lowest BCUT2D eigenvalue weighted by molar-refractivity contribution is -0.153. The average Bonchev–Trinajstić information content (AvgIpc) is 2.87. The van der Waals surface area contributed by atoms with Crippen molar-refractivity contribution in [3.05, 3.63) is 39.7 Å². The van der Waals surface area contributed by atoms with E-state index in [2.05, 4.69) is 4.90 Å². The highest BCUT2D eigenvalue weighted by atomic mass is 16.3. The number of aliphatic hydroxyl groups excluding tert-OH is 2. The van der Waals surface area contributed by atoms with E-state index in [9.17, 15) is 34.8 Å². The topological polar surface area (TPSA) is 168 Å². The fourth-order valence-electron chi connectivity index (χ4n) is 7.22. The van der Waals surface area contributed by atoms with Gasteiger partial charge in [-0.25, -0.2) is 0 Å². The number of nitrogens with two attached hydrogens (primary N) is 1. The Labute approximate surface area is 233 Å². The van der Waals surface area contributed by atoms with E-state index in [-0.39, 0.29) is 29.7 Å². The van der Waals surface area contributed by atoms with Crippen molar-refractivity contribution in [1.29, 1.82) is 0 Å². The van der Waals surface area contributed by atoms with Crippen molar-refractivity contribution in [3.8, 4) is 5.75 Å². The van der Waals surface area contributed by atoms with Crippen molar-refractivity contribution in [2.24, 2.45) is 17.6 Å². The third-order valence-corrected chi connectivity index (χ3v) is 9.10. The minimum atomic E-state index is -2.64. The number of carbonyl (C=O) groups excluding carboxylic acids is 3. The van der Waals surface area contributed by atoms with Crippen molar-refractivity contribution < 1.29 is 34.8 Å². The number of hydrogen-bond acceptors (Lipinski definition) is 10. The molecule has 0 radical (unpaired) electrons. The number of likely N-dealkylation sites (N-methyl/N-ethyl adjacent to an activating group) is 1. The van der Waals surface area contributed by atoms with Crippen LogP contribution in [-0.4, -0.2) is 101 Å². The lowest BCUT2D eigenvalue weighted by Crippen LogP contribution is -2.65. The summed E-state index contributed by atoms with van der Waals surface area (Å²) in [5, 5.41) is 45.9. The number of likely N-dealkylation sites (tertiary alicyclic amines) is 1. The molecule has 6 N–H and O–H groups in total. The first-order valence-electron chi connectivity index (χ1n) is 13.7. The third kappa shape index (κ3) is 4.02. The molecule has 5 rings (SSSR count). The van der Waals surface area contributed by atoms with Gasteiger partial charge in [0.2, 0.25) is 5.78 Å². The highest BCUT2D eigenvalue weighted by Crippen LogP contribution is 2.54. The zero-order chi connectivity index (χ0) is 29.3. The van der Waals surface area contributed by atoms with E-state index in [1.165, 1.54) is 4.90 Å². The van der Waals surface area contributed by atoms with Gasteiger partial charge in [0.1, 0.15) is 22.8 Å². The summed E-state index contributed by atoms with van der Waals surface area (Å²) in [4.78, 5) is 45.1. The van der Waals surface area contributed by atoms with Crippen molar-refractivity contribution >= 4 is 28.9 Å². The molecule has 40 heavy (non-hydrogen) atoms. The number of primary amides is 1. The van der Waals surface area contributed by atoms with Crippen LogP contribution in [0.15, 0.2) is 23.0 Å². The molecule has 3 aliphatic carbocycles. The van der Waals surface area contributed by atoms with E-state index < -0.39 is 58.0 Å². The van der Waals surface area contributed by atoms with Crippen molar-refractivity contribution in [1.82, 2.24) is 9.80 Å². The molecule has 1 heterocycles. The predicted octanol–water partition coefficient (Wildman–Crippen LogP) is 1.02. The number of fused-ring (bicyclic) bond motifs is 3. The monoisotopic (exact) mass is 554 g/mol. The Morgan fingerprint density at radius 3 is 2.33 bits per heavy atom. The van der Waals surface area contributed by atoms with Gasteiger partial charge in [-0.15, -0.1) is 0 Å². The van der Waals surface area contributed by atoms with Crippen LogP contribution in [0.3, 0.4) is 0 Å². The minimum Gasteiger partial charge on any atom is -0.508 e. The molecule has 11 nitrogen and oxygen atoms in total. The van der Waals surface area contributed by atoms with Crippen LogP contribution in [0.2, 0.25) is 0 Å². The van der Waals surface area contributed by atoms with Crippen LogP contribution in [-0.2, 0) is 27.3 Å². The van der Waals surface area contributed by atoms with Crippen molar-refractivity contribution in [2.75, 3.05) is 46.2 Å². The van der Waals surface area contributed by atoms with E-state index in [4.69, 9.17) is 5.73 Å². The number of aliphatic hydroxyl groups is 3. The summed E-state index contributed by atoms with van der Waals surface area (Å²) in [5.41, 5.74) is 4.00. The molecular weight excluding hydrogens is 516 g/mol. The molecule has 216 valence electrons. The van der Waals surface area contributed by atoms with E-state index in [0.717, 1.165) is 38.0 Å². The third-order valence-electron chi connectivity index (χ3n) is 9.10. The predicted molar refractivity (Wildman–Crippen MR) is 148 cm³/mol. The molecule has 0 unspecified atom stereocenters. The average molecular weight is 555 g/mol. The number of piperidine rings is 1. The van der Waals surface area contributed by atoms with Crippen LogP contribution in [0.25, 0.3) is 5.76 Å². The lowest BCUT2D eigenvalue weighted by Gasteiger charge is -2.50. The maximum Gasteiger partial charge on any atom is 0.255 e. The second kappa shape index (κ2) is 9.90. The Bertz CT molecular complexity index is 1360. The van der Waals surface area contributed by atoms with Crippen LogP contribution in [0.5, 0.6) is 5.75 Å². The number of aromatic hydroxyl groups is 1. The molecule has 0 bridgehead atoms. The Kier molecular flexibility index (Phi) is 6.96. The van der Waals surface area contributed by atoms with Gasteiger partial charge in [0.25, 0.3) is 5.91 Å². The summed E-state index contributed by atoms with van der Waals surface area (Å²) >= 11 is 0. The first kappa shape index (κ1) is 28.1. The normalized spacial score (nSPS) is 28.9. The second-order valence-electron chi connectivity index (χ2n) is 11.9. The van der Waals surface area contributed by atoms with Gasteiger partial charge in [-0.2, -0.15) is 0 Å². The largest absolute Gasteiger partial charge is 0.508 e.